The van der Waals surface area contributed by atoms with Crippen LogP contribution in [0.25, 0.3) is 0 Å². The van der Waals surface area contributed by atoms with E-state index in [0.717, 1.165) is 12.3 Å². The Morgan fingerprint density at radius 3 is 2.33 bits per heavy atom. The molecule has 0 saturated heterocycles. The first-order valence-electron chi connectivity index (χ1n) is 6.78. The molecule has 1 aromatic rings. The third-order valence-electron chi connectivity index (χ3n) is 3.88. The monoisotopic (exact) mass is 253 g/mol. The van der Waals surface area contributed by atoms with Crippen molar-refractivity contribution in [3.8, 4) is 0 Å². The highest BCUT2D eigenvalue weighted by Crippen LogP contribution is 2.31. The minimum atomic E-state index is -0.467. The maximum absolute atomic E-state index is 13.6. The van der Waals surface area contributed by atoms with E-state index >= 15 is 0 Å². The molecule has 0 aliphatic heterocycles. The van der Waals surface area contributed by atoms with Gasteiger partial charge < -0.3 is 5.32 Å². The molecule has 1 N–H and O–H groups in total. The fraction of sp³-hybridized carbons (Fsp3) is 0.600. The Bertz CT molecular complexity index is 381. The van der Waals surface area contributed by atoms with E-state index in [1.807, 2.05) is 6.92 Å². The Kier molecular flexibility index (Phi) is 4.33. The van der Waals surface area contributed by atoms with Crippen LogP contribution in [-0.2, 0) is 0 Å². The standard InChI is InChI=1S/C15H21F2N/c1-10(9-12-5-3-6-12)18-11(2)15-13(16)7-4-8-14(15)17/h4,7-8,10-12,18H,3,5-6,9H2,1-2H3. The van der Waals surface area contributed by atoms with Gasteiger partial charge in [0.15, 0.2) is 0 Å². The molecule has 1 aliphatic carbocycles. The molecule has 0 amide bonds. The Balaban J connectivity index is 1.95. The Labute approximate surface area is 108 Å². The van der Waals surface area contributed by atoms with E-state index in [-0.39, 0.29) is 11.6 Å². The molecule has 100 valence electrons. The van der Waals surface area contributed by atoms with Crippen LogP contribution in [0.3, 0.4) is 0 Å². The third-order valence-corrected chi connectivity index (χ3v) is 3.88. The summed E-state index contributed by atoms with van der Waals surface area (Å²) in [4.78, 5) is 0. The molecule has 1 aliphatic rings. The van der Waals surface area contributed by atoms with Crippen molar-refractivity contribution in [1.82, 2.24) is 5.32 Å². The summed E-state index contributed by atoms with van der Waals surface area (Å²) in [6, 6.07) is 4.03. The topological polar surface area (TPSA) is 12.0 Å². The largest absolute Gasteiger partial charge is 0.307 e. The van der Waals surface area contributed by atoms with Crippen LogP contribution in [0, 0.1) is 17.6 Å². The van der Waals surface area contributed by atoms with Crippen LogP contribution in [0.2, 0.25) is 0 Å². The summed E-state index contributed by atoms with van der Waals surface area (Å²) in [6.45, 7) is 3.91. The average molecular weight is 253 g/mol. The molecule has 0 bridgehead atoms. The van der Waals surface area contributed by atoms with Crippen molar-refractivity contribution in [2.24, 2.45) is 5.92 Å². The summed E-state index contributed by atoms with van der Waals surface area (Å²) in [7, 11) is 0. The Hall–Kier alpha value is -0.960. The highest BCUT2D eigenvalue weighted by Gasteiger charge is 2.22. The molecule has 1 saturated carbocycles. The normalized spacial score (nSPS) is 19.3. The van der Waals surface area contributed by atoms with E-state index in [1.165, 1.54) is 37.5 Å². The van der Waals surface area contributed by atoms with Gasteiger partial charge in [-0.25, -0.2) is 8.78 Å². The number of rotatable bonds is 5. The van der Waals surface area contributed by atoms with Gasteiger partial charge in [0.2, 0.25) is 0 Å². The van der Waals surface area contributed by atoms with Crippen LogP contribution in [-0.4, -0.2) is 6.04 Å². The van der Waals surface area contributed by atoms with Gasteiger partial charge in [-0.15, -0.1) is 0 Å². The minimum Gasteiger partial charge on any atom is -0.307 e. The van der Waals surface area contributed by atoms with Crippen molar-refractivity contribution >= 4 is 0 Å². The molecule has 2 unspecified atom stereocenters. The maximum atomic E-state index is 13.6. The predicted molar refractivity (Wildman–Crippen MR) is 69.3 cm³/mol. The summed E-state index contributed by atoms with van der Waals surface area (Å²) >= 11 is 0. The second-order valence-corrected chi connectivity index (χ2v) is 5.46. The smallest absolute Gasteiger partial charge is 0.130 e. The van der Waals surface area contributed by atoms with E-state index < -0.39 is 11.6 Å². The van der Waals surface area contributed by atoms with Crippen molar-refractivity contribution in [3.63, 3.8) is 0 Å². The van der Waals surface area contributed by atoms with Crippen molar-refractivity contribution in [1.29, 1.82) is 0 Å². The molecular weight excluding hydrogens is 232 g/mol. The SMILES string of the molecule is CC(CC1CCC1)NC(C)c1c(F)cccc1F. The van der Waals surface area contributed by atoms with Crippen molar-refractivity contribution in [2.75, 3.05) is 0 Å². The van der Waals surface area contributed by atoms with Crippen LogP contribution in [0.4, 0.5) is 8.78 Å². The lowest BCUT2D eigenvalue weighted by atomic mass is 9.81. The number of benzene rings is 1. The van der Waals surface area contributed by atoms with Gasteiger partial charge in [-0.2, -0.15) is 0 Å². The molecule has 1 aromatic carbocycles. The molecule has 0 aromatic heterocycles. The van der Waals surface area contributed by atoms with Crippen LogP contribution in [0.1, 0.15) is 51.1 Å². The van der Waals surface area contributed by atoms with E-state index in [9.17, 15) is 8.78 Å². The van der Waals surface area contributed by atoms with Crippen LogP contribution in [0.5, 0.6) is 0 Å². The second-order valence-electron chi connectivity index (χ2n) is 5.46. The van der Waals surface area contributed by atoms with Gasteiger partial charge in [0.25, 0.3) is 0 Å². The van der Waals surface area contributed by atoms with E-state index in [2.05, 4.69) is 12.2 Å². The quantitative estimate of drug-likeness (QED) is 0.829. The highest BCUT2D eigenvalue weighted by atomic mass is 19.1. The van der Waals surface area contributed by atoms with E-state index in [0.29, 0.717) is 6.04 Å². The van der Waals surface area contributed by atoms with Crippen molar-refractivity contribution < 1.29 is 8.78 Å². The number of hydrogen-bond donors (Lipinski definition) is 1. The second kappa shape index (κ2) is 5.79. The molecule has 1 fully saturated rings. The number of nitrogens with one attached hydrogen (secondary N) is 1. The maximum Gasteiger partial charge on any atom is 0.130 e. The highest BCUT2D eigenvalue weighted by molar-refractivity contribution is 5.22. The molecule has 2 rings (SSSR count). The van der Waals surface area contributed by atoms with Crippen LogP contribution < -0.4 is 5.32 Å². The number of halogens is 2. The fourth-order valence-corrected chi connectivity index (χ4v) is 2.73. The average Bonchev–Trinajstić information content (AvgIpc) is 2.23. The lowest BCUT2D eigenvalue weighted by Gasteiger charge is -2.30. The first-order chi connectivity index (χ1) is 8.58. The first-order valence-corrected chi connectivity index (χ1v) is 6.78. The molecule has 0 heterocycles. The van der Waals surface area contributed by atoms with Crippen molar-refractivity contribution in [3.05, 3.63) is 35.4 Å². The molecule has 0 spiro atoms. The fourth-order valence-electron chi connectivity index (χ4n) is 2.73. The zero-order valence-corrected chi connectivity index (χ0v) is 11.0. The zero-order chi connectivity index (χ0) is 13.1. The minimum absolute atomic E-state index is 0.151. The molecule has 18 heavy (non-hydrogen) atoms. The Morgan fingerprint density at radius 2 is 1.83 bits per heavy atom. The first kappa shape index (κ1) is 13.5. The molecule has 2 atom stereocenters. The van der Waals surface area contributed by atoms with Gasteiger partial charge in [0.1, 0.15) is 11.6 Å². The summed E-state index contributed by atoms with van der Waals surface area (Å²) in [6.07, 6.45) is 5.03. The van der Waals surface area contributed by atoms with Gasteiger partial charge in [-0.05, 0) is 38.3 Å². The van der Waals surface area contributed by atoms with Crippen molar-refractivity contribution in [2.45, 2.75) is 51.6 Å². The predicted octanol–water partition coefficient (Wildman–Crippen LogP) is 4.19. The molecule has 1 nitrogen and oxygen atoms in total. The van der Waals surface area contributed by atoms with Crippen LogP contribution >= 0.6 is 0 Å². The summed E-state index contributed by atoms with van der Waals surface area (Å²) in [5, 5.41) is 3.30. The lowest BCUT2D eigenvalue weighted by Crippen LogP contribution is -2.33. The van der Waals surface area contributed by atoms with Gasteiger partial charge in [0, 0.05) is 17.6 Å². The zero-order valence-electron chi connectivity index (χ0n) is 11.0. The molecular formula is C15H21F2N. The third kappa shape index (κ3) is 3.08. The van der Waals surface area contributed by atoms with Gasteiger partial charge in [-0.1, -0.05) is 25.3 Å². The molecule has 3 heteroatoms. The van der Waals surface area contributed by atoms with Crippen LogP contribution in [0.15, 0.2) is 18.2 Å². The summed E-state index contributed by atoms with van der Waals surface area (Å²) in [5.74, 6) is -0.137. The Morgan fingerprint density at radius 1 is 1.22 bits per heavy atom. The summed E-state index contributed by atoms with van der Waals surface area (Å²) in [5.41, 5.74) is 0.151. The molecule has 0 radical (unpaired) electrons. The van der Waals surface area contributed by atoms with E-state index in [4.69, 9.17) is 0 Å². The summed E-state index contributed by atoms with van der Waals surface area (Å²) < 4.78 is 27.2. The van der Waals surface area contributed by atoms with Gasteiger partial charge in [-0.3, -0.25) is 0 Å². The van der Waals surface area contributed by atoms with E-state index in [1.54, 1.807) is 0 Å². The van der Waals surface area contributed by atoms with Gasteiger partial charge >= 0.3 is 0 Å². The van der Waals surface area contributed by atoms with Gasteiger partial charge in [0.05, 0.1) is 0 Å². The number of hydrogen-bond acceptors (Lipinski definition) is 1. The lowest BCUT2D eigenvalue weighted by molar-refractivity contribution is 0.258.